The molecule has 0 aromatic rings. The first-order chi connectivity index (χ1) is 7.42. The molecule has 0 radical (unpaired) electrons. The number of ether oxygens (including phenoxy) is 1. The van der Waals surface area contributed by atoms with Gasteiger partial charge < -0.3 is 4.74 Å². The van der Waals surface area contributed by atoms with Crippen molar-refractivity contribution >= 4 is 32.4 Å². The zero-order chi connectivity index (χ0) is 11.6. The normalized spacial score (nSPS) is 50.0. The lowest BCUT2D eigenvalue weighted by atomic mass is 9.53. The maximum Gasteiger partial charge on any atom is 0.309 e. The second-order valence-corrected chi connectivity index (χ2v) is 7.09. The Hall–Kier alpha value is -0.130. The van der Waals surface area contributed by atoms with Crippen LogP contribution in [0, 0.1) is 16.7 Å². The fourth-order valence-electron chi connectivity index (χ4n) is 4.21. The highest BCUT2D eigenvalue weighted by Gasteiger charge is 2.59. The first kappa shape index (κ1) is 11.0. The van der Waals surface area contributed by atoms with Crippen molar-refractivity contribution in [3.8, 4) is 0 Å². The molecule has 2 aliphatic carbocycles. The summed E-state index contributed by atoms with van der Waals surface area (Å²) in [5.74, 6) is -0.0992. The summed E-state index contributed by atoms with van der Waals surface area (Å²) in [6, 6.07) is 0. The number of hydrogen-bond acceptors (Lipinski definition) is 3. The van der Waals surface area contributed by atoms with Gasteiger partial charge in [0.05, 0.1) is 5.92 Å². The quantitative estimate of drug-likeness (QED) is 0.420. The van der Waals surface area contributed by atoms with Crippen molar-refractivity contribution in [2.24, 2.45) is 16.7 Å². The van der Waals surface area contributed by atoms with Gasteiger partial charge in [-0.15, -0.1) is 0 Å². The van der Waals surface area contributed by atoms with Crippen LogP contribution in [0.4, 0.5) is 0 Å². The molecule has 4 bridgehead atoms. The predicted molar refractivity (Wildman–Crippen MR) is 66.0 cm³/mol. The molecule has 3 nitrogen and oxygen atoms in total. The molecule has 88 valence electrons. The van der Waals surface area contributed by atoms with Crippen molar-refractivity contribution in [3.05, 3.63) is 0 Å². The molecular weight excluding hydrogens is 319 g/mol. The van der Waals surface area contributed by atoms with Gasteiger partial charge in [0.2, 0.25) is 0 Å². The van der Waals surface area contributed by atoms with Crippen molar-refractivity contribution in [1.82, 2.24) is 0 Å². The molecule has 2 saturated carbocycles. The summed E-state index contributed by atoms with van der Waals surface area (Å²) in [5.41, 5.74) is -0.133. The van der Waals surface area contributed by atoms with Crippen LogP contribution in [0.25, 0.3) is 0 Å². The average Bonchev–Trinajstić information content (AvgIpc) is 2.27. The molecule has 0 aromatic carbocycles. The smallest absolute Gasteiger partial charge is 0.309 e. The van der Waals surface area contributed by atoms with Crippen LogP contribution in [0.3, 0.4) is 0 Å². The van der Waals surface area contributed by atoms with Crippen molar-refractivity contribution in [1.29, 1.82) is 0 Å². The lowest BCUT2D eigenvalue weighted by Crippen LogP contribution is -2.47. The average molecular weight is 334 g/mol. The minimum absolute atomic E-state index is 0.0162. The summed E-state index contributed by atoms with van der Waals surface area (Å²) in [6.07, 6.45) is 4.27. The first-order valence-electron chi connectivity index (χ1n) is 5.83. The zero-order valence-electron chi connectivity index (χ0n) is 9.29. The molecule has 4 rings (SSSR count). The Morgan fingerprint density at radius 1 is 1.38 bits per heavy atom. The SMILES string of the molecule is CC12CC3CC(C(=O)I)(CC(C1)C(=O)O3)C2. The number of halogens is 1. The largest absolute Gasteiger partial charge is 0.462 e. The van der Waals surface area contributed by atoms with E-state index in [-0.39, 0.29) is 32.6 Å². The highest BCUT2D eigenvalue weighted by atomic mass is 127. The van der Waals surface area contributed by atoms with E-state index in [9.17, 15) is 9.59 Å². The Balaban J connectivity index is 2.07. The van der Waals surface area contributed by atoms with Crippen LogP contribution < -0.4 is 0 Å². The maximum atomic E-state index is 11.9. The third-order valence-electron chi connectivity index (χ3n) is 4.51. The molecule has 0 spiro atoms. The van der Waals surface area contributed by atoms with Crippen LogP contribution in [0.1, 0.15) is 39.0 Å². The van der Waals surface area contributed by atoms with Crippen LogP contribution in [-0.4, -0.2) is 15.9 Å². The number of carbonyl (C=O) groups excluding carboxylic acids is 2. The van der Waals surface area contributed by atoms with Gasteiger partial charge in [-0.05, 0) is 37.5 Å². The number of hydrogen-bond donors (Lipinski definition) is 0. The van der Waals surface area contributed by atoms with Crippen molar-refractivity contribution in [2.75, 3.05) is 0 Å². The van der Waals surface area contributed by atoms with Gasteiger partial charge >= 0.3 is 5.97 Å². The van der Waals surface area contributed by atoms with Gasteiger partial charge in [-0.2, -0.15) is 0 Å². The lowest BCUT2D eigenvalue weighted by Gasteiger charge is -2.50. The van der Waals surface area contributed by atoms with E-state index in [2.05, 4.69) is 6.92 Å². The van der Waals surface area contributed by atoms with E-state index in [1.807, 2.05) is 22.6 Å². The van der Waals surface area contributed by atoms with E-state index in [1.54, 1.807) is 0 Å². The number of esters is 1. The van der Waals surface area contributed by atoms with Crippen LogP contribution in [0.2, 0.25) is 0 Å². The molecule has 0 aromatic heterocycles. The molecular formula is C12H15IO3. The summed E-state index contributed by atoms with van der Waals surface area (Å²) in [5, 5.41) is 0. The van der Waals surface area contributed by atoms with Gasteiger partial charge in [-0.3, -0.25) is 9.59 Å². The topological polar surface area (TPSA) is 43.4 Å². The molecule has 4 fully saturated rings. The molecule has 0 amide bonds. The van der Waals surface area contributed by atoms with Gasteiger partial charge in [0.1, 0.15) is 6.10 Å². The number of carbonyl (C=O) groups is 2. The fourth-order valence-corrected chi connectivity index (χ4v) is 4.84. The van der Waals surface area contributed by atoms with Crippen LogP contribution in [0.15, 0.2) is 0 Å². The molecule has 4 aliphatic rings. The highest BCUT2D eigenvalue weighted by Crippen LogP contribution is 2.60. The monoisotopic (exact) mass is 334 g/mol. The molecule has 2 heterocycles. The van der Waals surface area contributed by atoms with Gasteiger partial charge in [-0.25, -0.2) is 0 Å². The molecule has 4 unspecified atom stereocenters. The predicted octanol–water partition coefficient (Wildman–Crippen LogP) is 2.46. The Morgan fingerprint density at radius 3 is 2.81 bits per heavy atom. The van der Waals surface area contributed by atoms with Crippen molar-refractivity contribution < 1.29 is 14.3 Å². The van der Waals surface area contributed by atoms with E-state index < -0.39 is 0 Å². The summed E-state index contributed by atoms with van der Waals surface area (Å²) in [6.45, 7) is 2.21. The number of fused-ring (bicyclic) bond motifs is 1. The van der Waals surface area contributed by atoms with Gasteiger partial charge in [0.15, 0.2) is 3.79 Å². The second kappa shape index (κ2) is 3.21. The summed E-state index contributed by atoms with van der Waals surface area (Å²) < 4.78 is 5.71. The Morgan fingerprint density at radius 2 is 2.12 bits per heavy atom. The molecule has 4 atom stereocenters. The standard InChI is InChI=1S/C12H15IO3/c1-11-2-7-3-12(6-11,10(13)15)5-8(4-11)16-9(7)14/h7-8H,2-6H2,1H3. The molecule has 4 heteroatoms. The van der Waals surface area contributed by atoms with E-state index in [0.29, 0.717) is 0 Å². The fraction of sp³-hybridized carbons (Fsp3) is 0.833. The maximum absolute atomic E-state index is 11.9. The molecule has 2 aliphatic heterocycles. The van der Waals surface area contributed by atoms with E-state index in [4.69, 9.17) is 4.74 Å². The lowest BCUT2D eigenvalue weighted by molar-refractivity contribution is -0.151. The summed E-state index contributed by atoms with van der Waals surface area (Å²) in [4.78, 5) is 23.8. The van der Waals surface area contributed by atoms with Gasteiger partial charge in [0.25, 0.3) is 0 Å². The Kier molecular flexibility index (Phi) is 2.20. The van der Waals surface area contributed by atoms with Crippen molar-refractivity contribution in [3.63, 3.8) is 0 Å². The van der Waals surface area contributed by atoms with E-state index in [0.717, 1.165) is 32.1 Å². The highest BCUT2D eigenvalue weighted by molar-refractivity contribution is 14.1. The van der Waals surface area contributed by atoms with Gasteiger partial charge in [0, 0.05) is 28.0 Å². The zero-order valence-corrected chi connectivity index (χ0v) is 11.5. The molecule has 16 heavy (non-hydrogen) atoms. The minimum Gasteiger partial charge on any atom is -0.462 e. The molecule has 2 saturated heterocycles. The molecule has 0 N–H and O–H groups in total. The van der Waals surface area contributed by atoms with Crippen LogP contribution in [0.5, 0.6) is 0 Å². The van der Waals surface area contributed by atoms with Crippen molar-refractivity contribution in [2.45, 2.75) is 45.1 Å². The minimum atomic E-state index is -0.271. The number of rotatable bonds is 1. The first-order valence-corrected chi connectivity index (χ1v) is 6.91. The summed E-state index contributed by atoms with van der Waals surface area (Å²) in [7, 11) is 0. The van der Waals surface area contributed by atoms with Crippen LogP contribution >= 0.6 is 22.6 Å². The Bertz CT molecular complexity index is 380. The van der Waals surface area contributed by atoms with Gasteiger partial charge in [-0.1, -0.05) is 6.92 Å². The second-order valence-electron chi connectivity index (χ2n) is 6.11. The van der Waals surface area contributed by atoms with Crippen LogP contribution in [-0.2, 0) is 14.3 Å². The third-order valence-corrected chi connectivity index (χ3v) is 5.66. The Labute approximate surface area is 108 Å². The van der Waals surface area contributed by atoms with E-state index in [1.165, 1.54) is 0 Å². The summed E-state index contributed by atoms with van der Waals surface area (Å²) >= 11 is 1.91. The van der Waals surface area contributed by atoms with E-state index >= 15 is 0 Å². The third kappa shape index (κ3) is 1.45.